The Labute approximate surface area is 169 Å². The number of nitrogens with one attached hydrogen (secondary N) is 1. The summed E-state index contributed by atoms with van der Waals surface area (Å²) in [6.07, 6.45) is 0. The van der Waals surface area contributed by atoms with Gasteiger partial charge in [0.05, 0.1) is 22.8 Å². The molecule has 0 radical (unpaired) electrons. The molecule has 0 amide bonds. The fraction of sp³-hybridized carbons (Fsp3) is 0.421. The van der Waals surface area contributed by atoms with E-state index in [9.17, 15) is 13.2 Å². The lowest BCUT2D eigenvalue weighted by Crippen LogP contribution is -2.30. The Morgan fingerprint density at radius 2 is 1.86 bits per heavy atom. The molecule has 1 aromatic carbocycles. The number of rotatable bonds is 7. The number of nitrogens with zero attached hydrogens (tertiary/aromatic N) is 4. The maximum absolute atomic E-state index is 13.0. The first-order chi connectivity index (χ1) is 13.7. The Bertz CT molecular complexity index is 1210. The van der Waals surface area contributed by atoms with Crippen molar-refractivity contribution in [1.82, 2.24) is 23.9 Å². The van der Waals surface area contributed by atoms with Gasteiger partial charge in [-0.3, -0.25) is 4.79 Å². The van der Waals surface area contributed by atoms with E-state index in [2.05, 4.69) is 15.1 Å². The van der Waals surface area contributed by atoms with Crippen molar-refractivity contribution in [2.75, 3.05) is 19.7 Å². The number of H-pyrrole nitrogens is 1. The highest BCUT2D eigenvalue weighted by Gasteiger charge is 2.24. The average molecular weight is 420 g/mol. The van der Waals surface area contributed by atoms with Crippen LogP contribution in [0.4, 0.5) is 0 Å². The van der Waals surface area contributed by atoms with Gasteiger partial charge in [-0.15, -0.1) is 5.10 Å². The average Bonchev–Trinajstić information content (AvgIpc) is 2.97. The SMILES string of the molecule is CCOc1ccc(S(=O)(=O)N(CC)CC)cc1-c1nn2c(C)nc(C)c2c(=O)[nH]1. The molecule has 0 unspecified atom stereocenters. The van der Waals surface area contributed by atoms with Crippen LogP contribution in [-0.2, 0) is 10.0 Å². The highest BCUT2D eigenvalue weighted by molar-refractivity contribution is 7.89. The van der Waals surface area contributed by atoms with Crippen molar-refractivity contribution in [3.05, 3.63) is 40.1 Å². The predicted octanol–water partition coefficient (Wildman–Crippen LogP) is 2.13. The van der Waals surface area contributed by atoms with E-state index in [1.54, 1.807) is 33.8 Å². The molecule has 3 rings (SSSR count). The van der Waals surface area contributed by atoms with Crippen LogP contribution in [0.3, 0.4) is 0 Å². The van der Waals surface area contributed by atoms with Gasteiger partial charge >= 0.3 is 0 Å². The number of sulfonamides is 1. The summed E-state index contributed by atoms with van der Waals surface area (Å²) < 4.78 is 34.4. The molecule has 0 saturated heterocycles. The Kier molecular flexibility index (Phi) is 5.76. The number of aromatic amines is 1. The summed E-state index contributed by atoms with van der Waals surface area (Å²) in [5.41, 5.74) is 0.971. The van der Waals surface area contributed by atoms with Gasteiger partial charge < -0.3 is 9.72 Å². The maximum Gasteiger partial charge on any atom is 0.277 e. The molecule has 0 bridgehead atoms. The summed E-state index contributed by atoms with van der Waals surface area (Å²) in [5.74, 6) is 1.21. The van der Waals surface area contributed by atoms with E-state index < -0.39 is 10.0 Å². The summed E-state index contributed by atoms with van der Waals surface area (Å²) >= 11 is 0. The second-order valence-corrected chi connectivity index (χ2v) is 8.43. The maximum atomic E-state index is 13.0. The van der Waals surface area contributed by atoms with E-state index in [1.165, 1.54) is 21.0 Å². The third-order valence-electron chi connectivity index (χ3n) is 4.69. The molecule has 0 spiro atoms. The number of aromatic nitrogens is 4. The zero-order valence-corrected chi connectivity index (χ0v) is 18.0. The van der Waals surface area contributed by atoms with E-state index in [0.717, 1.165) is 0 Å². The standard InChI is InChI=1S/C19H25N5O4S/c1-6-23(7-2)29(26,27)14-9-10-16(28-8-3)15(11-14)18-21-19(25)17-12(4)20-13(5)24(17)22-18/h9-11H,6-8H2,1-5H3,(H,21,22,25). The van der Waals surface area contributed by atoms with Gasteiger partial charge in [-0.05, 0) is 39.0 Å². The van der Waals surface area contributed by atoms with Crippen molar-refractivity contribution in [3.8, 4) is 17.1 Å². The third-order valence-corrected chi connectivity index (χ3v) is 6.73. The molecule has 10 heteroatoms. The Hall–Kier alpha value is -2.72. The van der Waals surface area contributed by atoms with E-state index in [0.29, 0.717) is 48.0 Å². The first-order valence-corrected chi connectivity index (χ1v) is 10.9. The zero-order valence-electron chi connectivity index (χ0n) is 17.2. The largest absolute Gasteiger partial charge is 0.493 e. The molecule has 29 heavy (non-hydrogen) atoms. The smallest absolute Gasteiger partial charge is 0.277 e. The molecule has 0 fully saturated rings. The molecule has 156 valence electrons. The predicted molar refractivity (Wildman–Crippen MR) is 110 cm³/mol. The molecule has 0 aliphatic heterocycles. The van der Waals surface area contributed by atoms with Crippen molar-refractivity contribution < 1.29 is 13.2 Å². The lowest BCUT2D eigenvalue weighted by molar-refractivity contribution is 0.341. The van der Waals surface area contributed by atoms with Crippen molar-refractivity contribution in [2.45, 2.75) is 39.5 Å². The third kappa shape index (κ3) is 3.65. The summed E-state index contributed by atoms with van der Waals surface area (Å²) in [6.45, 7) is 9.98. The molecule has 2 aromatic heterocycles. The summed E-state index contributed by atoms with van der Waals surface area (Å²) in [4.78, 5) is 19.8. The van der Waals surface area contributed by atoms with Crippen LogP contribution in [0, 0.1) is 13.8 Å². The van der Waals surface area contributed by atoms with Crippen LogP contribution in [0.15, 0.2) is 27.9 Å². The minimum Gasteiger partial charge on any atom is -0.493 e. The number of aryl methyl sites for hydroxylation is 2. The van der Waals surface area contributed by atoms with Crippen LogP contribution in [0.2, 0.25) is 0 Å². The van der Waals surface area contributed by atoms with Crippen molar-refractivity contribution in [2.24, 2.45) is 0 Å². The number of imidazole rings is 1. The van der Waals surface area contributed by atoms with Gasteiger partial charge in [0.2, 0.25) is 10.0 Å². The monoisotopic (exact) mass is 419 g/mol. The number of fused-ring (bicyclic) bond motifs is 1. The van der Waals surface area contributed by atoms with Gasteiger partial charge in [0, 0.05) is 13.1 Å². The quantitative estimate of drug-likeness (QED) is 0.628. The van der Waals surface area contributed by atoms with Gasteiger partial charge in [-0.25, -0.2) is 17.9 Å². The van der Waals surface area contributed by atoms with E-state index in [4.69, 9.17) is 4.74 Å². The zero-order chi connectivity index (χ0) is 21.3. The highest BCUT2D eigenvalue weighted by Crippen LogP contribution is 2.31. The van der Waals surface area contributed by atoms with Crippen molar-refractivity contribution >= 4 is 15.5 Å². The summed E-state index contributed by atoms with van der Waals surface area (Å²) in [6, 6.07) is 4.58. The molecule has 0 saturated carbocycles. The molecular weight excluding hydrogens is 394 g/mol. The van der Waals surface area contributed by atoms with Gasteiger partial charge in [-0.1, -0.05) is 13.8 Å². The number of hydrogen-bond donors (Lipinski definition) is 1. The Balaban J connectivity index is 2.26. The summed E-state index contributed by atoms with van der Waals surface area (Å²) in [7, 11) is -3.68. The normalized spacial score (nSPS) is 12.1. The second-order valence-electron chi connectivity index (χ2n) is 6.49. The van der Waals surface area contributed by atoms with E-state index in [1.807, 2.05) is 6.92 Å². The highest BCUT2D eigenvalue weighted by atomic mass is 32.2. The first kappa shape index (κ1) is 21.0. The lowest BCUT2D eigenvalue weighted by atomic mass is 10.2. The van der Waals surface area contributed by atoms with Gasteiger partial charge in [0.15, 0.2) is 11.3 Å². The molecule has 9 nitrogen and oxygen atoms in total. The van der Waals surface area contributed by atoms with Crippen LogP contribution in [0.25, 0.3) is 16.9 Å². The molecule has 0 aliphatic rings. The number of hydrogen-bond acceptors (Lipinski definition) is 6. The number of benzene rings is 1. The summed E-state index contributed by atoms with van der Waals surface area (Å²) in [5, 5.41) is 4.49. The van der Waals surface area contributed by atoms with Crippen LogP contribution in [-0.4, -0.2) is 52.0 Å². The molecular formula is C19H25N5O4S. The Morgan fingerprint density at radius 1 is 1.17 bits per heavy atom. The fourth-order valence-corrected chi connectivity index (χ4v) is 4.79. The van der Waals surface area contributed by atoms with Crippen molar-refractivity contribution in [1.29, 1.82) is 0 Å². The van der Waals surface area contributed by atoms with Gasteiger partial charge in [-0.2, -0.15) is 4.31 Å². The topological polar surface area (TPSA) is 110 Å². The molecule has 2 heterocycles. The van der Waals surface area contributed by atoms with Gasteiger partial charge in [0.1, 0.15) is 11.6 Å². The molecule has 0 aliphatic carbocycles. The second kappa shape index (κ2) is 7.96. The minimum absolute atomic E-state index is 0.112. The lowest BCUT2D eigenvalue weighted by Gasteiger charge is -2.19. The first-order valence-electron chi connectivity index (χ1n) is 9.48. The van der Waals surface area contributed by atoms with Crippen LogP contribution < -0.4 is 10.3 Å². The van der Waals surface area contributed by atoms with Crippen LogP contribution in [0.1, 0.15) is 32.3 Å². The molecule has 0 atom stereocenters. The minimum atomic E-state index is -3.68. The molecule has 1 N–H and O–H groups in total. The van der Waals surface area contributed by atoms with E-state index >= 15 is 0 Å². The Morgan fingerprint density at radius 3 is 2.48 bits per heavy atom. The molecule has 3 aromatic rings. The van der Waals surface area contributed by atoms with E-state index in [-0.39, 0.29) is 16.3 Å². The van der Waals surface area contributed by atoms with Crippen molar-refractivity contribution in [3.63, 3.8) is 0 Å². The van der Waals surface area contributed by atoms with Crippen LogP contribution >= 0.6 is 0 Å². The number of ether oxygens (including phenoxy) is 1. The van der Waals surface area contributed by atoms with Crippen LogP contribution in [0.5, 0.6) is 5.75 Å². The van der Waals surface area contributed by atoms with Gasteiger partial charge in [0.25, 0.3) is 5.56 Å². The fourth-order valence-electron chi connectivity index (χ4n) is 3.30.